The molecule has 2 amide bonds. The van der Waals surface area contributed by atoms with Crippen LogP contribution in [0.2, 0.25) is 10.0 Å². The number of benzene rings is 2. The smallest absolute Gasteiger partial charge is 0.261 e. The predicted molar refractivity (Wildman–Crippen MR) is 143 cm³/mol. The molecule has 5 nitrogen and oxygen atoms in total. The zero-order chi connectivity index (χ0) is 25.4. The Morgan fingerprint density at radius 1 is 1.09 bits per heavy atom. The summed E-state index contributed by atoms with van der Waals surface area (Å²) in [4.78, 5) is 27.9. The van der Waals surface area contributed by atoms with Gasteiger partial charge in [0.25, 0.3) is 5.91 Å². The number of halogens is 3. The summed E-state index contributed by atoms with van der Waals surface area (Å²) >= 11 is 15.9. The van der Waals surface area contributed by atoms with Crippen LogP contribution < -0.4 is 10.1 Å². The fourth-order valence-corrected chi connectivity index (χ4v) is 4.37. The lowest BCUT2D eigenvalue weighted by Crippen LogP contribution is -2.50. The van der Waals surface area contributed by atoms with Crippen molar-refractivity contribution in [2.45, 2.75) is 59.5 Å². The van der Waals surface area contributed by atoms with Crippen LogP contribution in [0.4, 0.5) is 0 Å². The average molecular weight is 572 g/mol. The fourth-order valence-electron chi connectivity index (χ4n) is 3.39. The fraction of sp³-hybridized carbons (Fsp3) is 0.462. The van der Waals surface area contributed by atoms with Crippen molar-refractivity contribution in [2.24, 2.45) is 5.92 Å². The monoisotopic (exact) mass is 570 g/mol. The predicted octanol–water partition coefficient (Wildman–Crippen LogP) is 6.84. The highest BCUT2D eigenvalue weighted by atomic mass is 79.9. The van der Waals surface area contributed by atoms with Crippen LogP contribution in [-0.2, 0) is 16.1 Å². The number of hydrogen-bond acceptors (Lipinski definition) is 3. The van der Waals surface area contributed by atoms with E-state index in [0.29, 0.717) is 46.2 Å². The third kappa shape index (κ3) is 8.17. The summed E-state index contributed by atoms with van der Waals surface area (Å²) < 4.78 is 6.63. The van der Waals surface area contributed by atoms with E-state index in [-0.39, 0.29) is 25.0 Å². The quantitative estimate of drug-likeness (QED) is 0.321. The van der Waals surface area contributed by atoms with E-state index in [1.807, 2.05) is 39.0 Å². The maximum atomic E-state index is 13.4. The molecule has 1 N–H and O–H groups in total. The van der Waals surface area contributed by atoms with Gasteiger partial charge in [-0.15, -0.1) is 0 Å². The third-order valence-electron chi connectivity index (χ3n) is 5.40. The van der Waals surface area contributed by atoms with Crippen LogP contribution in [0.1, 0.15) is 58.1 Å². The Labute approximate surface area is 221 Å². The van der Waals surface area contributed by atoms with Crippen LogP contribution in [0.3, 0.4) is 0 Å². The Balaban J connectivity index is 2.26. The first-order chi connectivity index (χ1) is 16.0. The molecule has 8 heteroatoms. The second-order valence-corrected chi connectivity index (χ2v) is 10.7. The van der Waals surface area contributed by atoms with Crippen molar-refractivity contribution in [1.82, 2.24) is 10.2 Å². The molecular weight excluding hydrogens is 539 g/mol. The van der Waals surface area contributed by atoms with Gasteiger partial charge < -0.3 is 15.0 Å². The van der Waals surface area contributed by atoms with Gasteiger partial charge in [0.2, 0.25) is 5.91 Å². The highest BCUT2D eigenvalue weighted by Gasteiger charge is 2.29. The standard InChI is InChI=1S/C26H33BrCl2N2O3/c1-6-23(26(33)30-13-16(2)3)31(14-19-7-9-20(28)12-22(19)29)25(32)15-34-24-10-8-18(17(4)5)11-21(24)27/h7-12,16-17,23H,6,13-15H2,1-5H3,(H,30,33)/t23-/m1/s1. The molecule has 0 aliphatic rings. The Morgan fingerprint density at radius 2 is 1.79 bits per heavy atom. The average Bonchev–Trinajstić information content (AvgIpc) is 2.77. The van der Waals surface area contributed by atoms with Gasteiger partial charge in [0, 0.05) is 23.1 Å². The molecule has 0 fully saturated rings. The Morgan fingerprint density at radius 3 is 2.35 bits per heavy atom. The lowest BCUT2D eigenvalue weighted by atomic mass is 10.0. The summed E-state index contributed by atoms with van der Waals surface area (Å²) in [5, 5.41) is 3.89. The van der Waals surface area contributed by atoms with Crippen LogP contribution in [0.5, 0.6) is 5.75 Å². The maximum absolute atomic E-state index is 13.4. The van der Waals surface area contributed by atoms with Gasteiger partial charge in [-0.3, -0.25) is 9.59 Å². The summed E-state index contributed by atoms with van der Waals surface area (Å²) in [6.07, 6.45) is 0.452. The molecule has 0 aliphatic heterocycles. The maximum Gasteiger partial charge on any atom is 0.261 e. The molecule has 34 heavy (non-hydrogen) atoms. The van der Waals surface area contributed by atoms with Crippen molar-refractivity contribution in [2.75, 3.05) is 13.2 Å². The molecular formula is C26H33BrCl2N2O3. The summed E-state index contributed by atoms with van der Waals surface area (Å²) in [6.45, 7) is 10.6. The molecule has 2 aromatic rings. The molecule has 0 aromatic heterocycles. The first kappa shape index (κ1) is 28.5. The van der Waals surface area contributed by atoms with E-state index >= 15 is 0 Å². The van der Waals surface area contributed by atoms with Gasteiger partial charge in [0.1, 0.15) is 11.8 Å². The highest BCUT2D eigenvalue weighted by Crippen LogP contribution is 2.29. The second-order valence-electron chi connectivity index (χ2n) is 8.95. The molecule has 2 aromatic carbocycles. The van der Waals surface area contributed by atoms with Crippen LogP contribution in [-0.4, -0.2) is 35.9 Å². The van der Waals surface area contributed by atoms with Gasteiger partial charge in [-0.05, 0) is 69.6 Å². The van der Waals surface area contributed by atoms with E-state index in [2.05, 4.69) is 35.1 Å². The van der Waals surface area contributed by atoms with Crippen molar-refractivity contribution in [3.8, 4) is 5.75 Å². The number of nitrogens with one attached hydrogen (secondary N) is 1. The molecule has 1 atom stereocenters. The normalized spacial score (nSPS) is 12.1. The summed E-state index contributed by atoms with van der Waals surface area (Å²) in [5.74, 6) is 0.737. The summed E-state index contributed by atoms with van der Waals surface area (Å²) in [7, 11) is 0. The molecule has 0 aliphatic carbocycles. The SMILES string of the molecule is CC[C@H](C(=O)NCC(C)C)N(Cc1ccc(Cl)cc1Cl)C(=O)COc1ccc(C(C)C)cc1Br. The number of carbonyl (C=O) groups is 2. The molecule has 0 bridgehead atoms. The molecule has 186 valence electrons. The first-order valence-electron chi connectivity index (χ1n) is 11.5. The number of rotatable bonds is 11. The Bertz CT molecular complexity index is 998. The van der Waals surface area contributed by atoms with Crippen molar-refractivity contribution < 1.29 is 14.3 Å². The van der Waals surface area contributed by atoms with E-state index in [9.17, 15) is 9.59 Å². The highest BCUT2D eigenvalue weighted by molar-refractivity contribution is 9.10. The van der Waals surface area contributed by atoms with Crippen LogP contribution in [0.25, 0.3) is 0 Å². The lowest BCUT2D eigenvalue weighted by Gasteiger charge is -2.31. The van der Waals surface area contributed by atoms with Gasteiger partial charge in [-0.2, -0.15) is 0 Å². The first-order valence-corrected chi connectivity index (χ1v) is 13.0. The number of carbonyl (C=O) groups excluding carboxylic acids is 2. The van der Waals surface area contributed by atoms with E-state index in [4.69, 9.17) is 27.9 Å². The van der Waals surface area contributed by atoms with Gasteiger partial charge in [0.15, 0.2) is 6.61 Å². The molecule has 0 saturated carbocycles. The van der Waals surface area contributed by atoms with E-state index < -0.39 is 6.04 Å². The van der Waals surface area contributed by atoms with Gasteiger partial charge in [0.05, 0.1) is 4.47 Å². The number of hydrogen-bond donors (Lipinski definition) is 1. The lowest BCUT2D eigenvalue weighted by molar-refractivity contribution is -0.143. The molecule has 2 rings (SSSR count). The summed E-state index contributed by atoms with van der Waals surface area (Å²) in [5.41, 5.74) is 1.87. The molecule has 0 radical (unpaired) electrons. The van der Waals surface area contributed by atoms with Crippen molar-refractivity contribution >= 4 is 50.9 Å². The van der Waals surface area contributed by atoms with E-state index in [1.165, 1.54) is 4.90 Å². The number of amides is 2. The zero-order valence-electron chi connectivity index (χ0n) is 20.3. The van der Waals surface area contributed by atoms with E-state index in [0.717, 1.165) is 10.0 Å². The Kier molecular flexibility index (Phi) is 11.2. The number of nitrogens with zero attached hydrogens (tertiary/aromatic N) is 1. The number of ether oxygens (including phenoxy) is 1. The van der Waals surface area contributed by atoms with Gasteiger partial charge >= 0.3 is 0 Å². The zero-order valence-corrected chi connectivity index (χ0v) is 23.4. The minimum Gasteiger partial charge on any atom is -0.483 e. The van der Waals surface area contributed by atoms with Crippen LogP contribution in [0.15, 0.2) is 40.9 Å². The van der Waals surface area contributed by atoms with Crippen LogP contribution in [0, 0.1) is 5.92 Å². The third-order valence-corrected chi connectivity index (χ3v) is 6.61. The minimum atomic E-state index is -0.659. The molecule has 0 saturated heterocycles. The molecule has 0 spiro atoms. The molecule has 0 unspecified atom stereocenters. The summed E-state index contributed by atoms with van der Waals surface area (Å²) in [6, 6.07) is 10.3. The second kappa shape index (κ2) is 13.4. The van der Waals surface area contributed by atoms with Crippen molar-refractivity contribution in [3.63, 3.8) is 0 Å². The molecule has 0 heterocycles. The van der Waals surface area contributed by atoms with Gasteiger partial charge in [-0.1, -0.05) is 70.0 Å². The Hall–Kier alpha value is -1.76. The van der Waals surface area contributed by atoms with E-state index in [1.54, 1.807) is 18.2 Å². The minimum absolute atomic E-state index is 0.166. The topological polar surface area (TPSA) is 58.6 Å². The van der Waals surface area contributed by atoms with Crippen molar-refractivity contribution in [3.05, 3.63) is 62.0 Å². The largest absolute Gasteiger partial charge is 0.483 e. The van der Waals surface area contributed by atoms with Crippen molar-refractivity contribution in [1.29, 1.82) is 0 Å². The van der Waals surface area contributed by atoms with Gasteiger partial charge in [-0.25, -0.2) is 0 Å². The van der Waals surface area contributed by atoms with Crippen LogP contribution >= 0.6 is 39.1 Å².